The smallest absolute Gasteiger partial charge is 0.392 e. The molecule has 5 rings (SSSR count). The molecule has 0 amide bonds. The number of imidazole rings is 1. The van der Waals surface area contributed by atoms with Crippen LogP contribution < -0.4 is 11.3 Å². The number of hydrogen-bond donors (Lipinski definition) is 3. The Morgan fingerprint density at radius 3 is 3.00 bits per heavy atom. The molecule has 0 radical (unpaired) electrons. The molecule has 186 valence electrons. The van der Waals surface area contributed by atoms with Gasteiger partial charge in [-0.25, -0.2) is 9.55 Å². The van der Waals surface area contributed by atoms with E-state index in [0.29, 0.717) is 27.6 Å². The van der Waals surface area contributed by atoms with Gasteiger partial charge in [-0.15, -0.1) is 0 Å². The van der Waals surface area contributed by atoms with E-state index in [0.717, 1.165) is 0 Å². The summed E-state index contributed by atoms with van der Waals surface area (Å²) in [6.45, 7) is 4.08. The standard InChI is InChI=1S/C21H22Cl2N5O6P/c1-10-12(15(29)7-14(10)28-9-25-18-19(28)26-21(24)27-20(18)30)8-33-35(31)32-6-5-16(34-35)11-3-2-4-13(22)17(11)23/h2-4,9,12,14-16,29H,1,5-8H2,(H3,24,26,27,30)/t12-,14-,15-,16+,35?/m0/s1. The molecule has 14 heteroatoms. The van der Waals surface area contributed by atoms with E-state index < -0.39 is 37.5 Å². The Hall–Kier alpha value is -2.24. The lowest BCUT2D eigenvalue weighted by molar-refractivity contribution is 0.0166. The van der Waals surface area contributed by atoms with Crippen LogP contribution in [0.4, 0.5) is 5.95 Å². The van der Waals surface area contributed by atoms with Crippen LogP contribution in [0.1, 0.15) is 30.6 Å². The number of phosphoric ester groups is 1. The summed E-state index contributed by atoms with van der Waals surface area (Å²) in [4.78, 5) is 22.8. The highest BCUT2D eigenvalue weighted by Crippen LogP contribution is 2.58. The number of H-pyrrole nitrogens is 1. The molecule has 35 heavy (non-hydrogen) atoms. The monoisotopic (exact) mass is 541 g/mol. The number of phosphoric acid groups is 1. The van der Waals surface area contributed by atoms with Crippen molar-refractivity contribution in [3.63, 3.8) is 0 Å². The van der Waals surface area contributed by atoms with Crippen molar-refractivity contribution < 1.29 is 23.2 Å². The molecule has 5 atom stereocenters. The van der Waals surface area contributed by atoms with Crippen molar-refractivity contribution in [3.05, 3.63) is 62.6 Å². The second-order valence-corrected chi connectivity index (χ2v) is 10.8. The average molecular weight is 542 g/mol. The molecule has 4 N–H and O–H groups in total. The number of aromatic nitrogens is 4. The number of aromatic amines is 1. The van der Waals surface area contributed by atoms with Gasteiger partial charge in [0.05, 0.1) is 47.8 Å². The van der Waals surface area contributed by atoms with Crippen LogP contribution in [0, 0.1) is 5.92 Å². The zero-order valence-electron chi connectivity index (χ0n) is 18.3. The fraction of sp³-hybridized carbons (Fsp3) is 0.381. The molecule has 1 aliphatic heterocycles. The Morgan fingerprint density at radius 1 is 1.40 bits per heavy atom. The van der Waals surface area contributed by atoms with E-state index in [1.165, 1.54) is 6.33 Å². The number of benzene rings is 1. The summed E-state index contributed by atoms with van der Waals surface area (Å²) < 4.78 is 31.5. The molecule has 3 heterocycles. The lowest BCUT2D eigenvalue weighted by Gasteiger charge is -2.30. The first-order valence-corrected chi connectivity index (χ1v) is 13.0. The Labute approximate surface area is 209 Å². The zero-order valence-corrected chi connectivity index (χ0v) is 20.7. The van der Waals surface area contributed by atoms with Crippen molar-refractivity contribution in [1.29, 1.82) is 0 Å². The third-order valence-electron chi connectivity index (χ3n) is 6.25. The van der Waals surface area contributed by atoms with Crippen LogP contribution in [0.25, 0.3) is 11.2 Å². The predicted molar refractivity (Wildman–Crippen MR) is 129 cm³/mol. The number of aliphatic hydroxyl groups is 1. The second kappa shape index (κ2) is 9.33. The van der Waals surface area contributed by atoms with Gasteiger partial charge in [-0.3, -0.25) is 23.3 Å². The number of nitrogens with two attached hydrogens (primary N) is 1. The molecule has 1 aliphatic carbocycles. The highest BCUT2D eigenvalue weighted by Gasteiger charge is 2.42. The molecular weight excluding hydrogens is 520 g/mol. The summed E-state index contributed by atoms with van der Waals surface area (Å²) in [6.07, 6.45) is 0.639. The SMILES string of the molecule is C=C1[C@H](COP2(=O)OCC[C@H](c3cccc(Cl)c3Cl)O2)[C@@H](O)C[C@@H]1n1cnc2c(=O)[nH]c(N)nc21. The Kier molecular flexibility index (Phi) is 6.52. The Bertz CT molecular complexity index is 1410. The summed E-state index contributed by atoms with van der Waals surface area (Å²) in [7, 11) is -3.95. The number of anilines is 1. The minimum atomic E-state index is -3.95. The van der Waals surface area contributed by atoms with Gasteiger partial charge < -0.3 is 15.4 Å². The quantitative estimate of drug-likeness (QED) is 0.323. The van der Waals surface area contributed by atoms with E-state index in [-0.39, 0.29) is 36.7 Å². The Morgan fingerprint density at radius 2 is 2.20 bits per heavy atom. The molecule has 11 nitrogen and oxygen atoms in total. The van der Waals surface area contributed by atoms with Gasteiger partial charge in [0, 0.05) is 17.9 Å². The van der Waals surface area contributed by atoms with Crippen molar-refractivity contribution in [2.75, 3.05) is 18.9 Å². The molecule has 1 unspecified atom stereocenters. The lowest BCUT2D eigenvalue weighted by Crippen LogP contribution is -2.22. The molecule has 1 saturated heterocycles. The first-order chi connectivity index (χ1) is 16.7. The number of nitrogens with one attached hydrogen (secondary N) is 1. The number of nitrogen functional groups attached to an aromatic ring is 1. The minimum absolute atomic E-state index is 0.0488. The van der Waals surface area contributed by atoms with Gasteiger partial charge in [0.1, 0.15) is 0 Å². The van der Waals surface area contributed by atoms with Crippen molar-refractivity contribution in [2.24, 2.45) is 5.92 Å². The topological polar surface area (TPSA) is 155 Å². The zero-order chi connectivity index (χ0) is 24.9. The number of halogens is 2. The van der Waals surface area contributed by atoms with Crippen LogP contribution in [0.2, 0.25) is 10.0 Å². The van der Waals surface area contributed by atoms with E-state index in [9.17, 15) is 14.5 Å². The maximum atomic E-state index is 13.2. The average Bonchev–Trinajstić information content (AvgIpc) is 3.34. The number of hydrogen-bond acceptors (Lipinski definition) is 9. The van der Waals surface area contributed by atoms with Gasteiger partial charge in [0.15, 0.2) is 11.2 Å². The molecule has 0 spiro atoms. The number of nitrogens with zero attached hydrogens (tertiary/aromatic N) is 3. The van der Waals surface area contributed by atoms with Crippen molar-refractivity contribution in [1.82, 2.24) is 19.5 Å². The van der Waals surface area contributed by atoms with Gasteiger partial charge in [-0.05, 0) is 18.1 Å². The van der Waals surface area contributed by atoms with Gasteiger partial charge in [-0.1, -0.05) is 41.9 Å². The van der Waals surface area contributed by atoms with Crippen molar-refractivity contribution in [3.8, 4) is 0 Å². The fourth-order valence-electron chi connectivity index (χ4n) is 4.45. The maximum Gasteiger partial charge on any atom is 0.475 e. The maximum absolute atomic E-state index is 13.2. The van der Waals surface area contributed by atoms with E-state index in [1.54, 1.807) is 22.8 Å². The van der Waals surface area contributed by atoms with Crippen molar-refractivity contribution in [2.45, 2.75) is 31.1 Å². The van der Waals surface area contributed by atoms with E-state index in [1.807, 2.05) is 0 Å². The summed E-state index contributed by atoms with van der Waals surface area (Å²) in [6, 6.07) is 4.69. The van der Waals surface area contributed by atoms with E-state index in [2.05, 4.69) is 21.5 Å². The molecule has 2 aromatic heterocycles. The summed E-state index contributed by atoms with van der Waals surface area (Å²) >= 11 is 12.4. The van der Waals surface area contributed by atoms with Crippen LogP contribution in [-0.2, 0) is 18.1 Å². The van der Waals surface area contributed by atoms with Gasteiger partial charge in [-0.2, -0.15) is 4.98 Å². The Balaban J connectivity index is 1.31. The third kappa shape index (κ3) is 4.53. The summed E-state index contributed by atoms with van der Waals surface area (Å²) in [5.41, 5.74) is 6.80. The normalized spacial score (nSPS) is 29.2. The van der Waals surface area contributed by atoms with Gasteiger partial charge in [0.2, 0.25) is 5.95 Å². The fourth-order valence-corrected chi connectivity index (χ4v) is 6.28. The largest absolute Gasteiger partial charge is 0.475 e. The first-order valence-electron chi connectivity index (χ1n) is 10.8. The minimum Gasteiger partial charge on any atom is -0.392 e. The molecule has 2 aliphatic rings. The van der Waals surface area contributed by atoms with Crippen LogP contribution >= 0.6 is 31.0 Å². The van der Waals surface area contributed by atoms with Gasteiger partial charge in [0.25, 0.3) is 5.56 Å². The highest BCUT2D eigenvalue weighted by molar-refractivity contribution is 7.48. The van der Waals surface area contributed by atoms with Crippen LogP contribution in [0.3, 0.4) is 0 Å². The number of aliphatic hydroxyl groups excluding tert-OH is 1. The summed E-state index contributed by atoms with van der Waals surface area (Å²) in [5.74, 6) is -0.628. The predicted octanol–water partition coefficient (Wildman–Crippen LogP) is 3.79. The van der Waals surface area contributed by atoms with Crippen molar-refractivity contribution >= 4 is 48.1 Å². The summed E-state index contributed by atoms with van der Waals surface area (Å²) in [5, 5.41) is 11.4. The molecule has 0 bridgehead atoms. The highest BCUT2D eigenvalue weighted by atomic mass is 35.5. The van der Waals surface area contributed by atoms with E-state index >= 15 is 0 Å². The van der Waals surface area contributed by atoms with Crippen LogP contribution in [0.15, 0.2) is 41.5 Å². The molecular formula is C21H22Cl2N5O6P. The molecule has 1 aromatic carbocycles. The van der Waals surface area contributed by atoms with Gasteiger partial charge >= 0.3 is 7.82 Å². The van der Waals surface area contributed by atoms with E-state index in [4.69, 9.17) is 42.5 Å². The molecule has 2 fully saturated rings. The van der Waals surface area contributed by atoms with Crippen LogP contribution in [-0.4, -0.2) is 43.9 Å². The second-order valence-electron chi connectivity index (χ2n) is 8.38. The number of rotatable bonds is 5. The third-order valence-corrected chi connectivity index (χ3v) is 8.56. The molecule has 1 saturated carbocycles. The lowest BCUT2D eigenvalue weighted by atomic mass is 10.0. The number of fused-ring (bicyclic) bond motifs is 1. The first kappa shape index (κ1) is 24.5. The van der Waals surface area contributed by atoms with Crippen LogP contribution in [0.5, 0.6) is 0 Å². The molecule has 3 aromatic rings.